The van der Waals surface area contributed by atoms with Gasteiger partial charge in [-0.05, 0) is 25.8 Å². The summed E-state index contributed by atoms with van der Waals surface area (Å²) < 4.78 is 46.9. The van der Waals surface area contributed by atoms with E-state index in [1.54, 1.807) is 12.1 Å². The number of carbonyl (C=O) groups excluding carboxylic acids is 1. The van der Waals surface area contributed by atoms with E-state index in [2.05, 4.69) is 20.4 Å². The van der Waals surface area contributed by atoms with E-state index in [1.807, 2.05) is 6.92 Å². The highest BCUT2D eigenvalue weighted by Crippen LogP contribution is 2.20. The number of nitrogens with one attached hydrogen (secondary N) is 2. The molecule has 2 amide bonds. The van der Waals surface area contributed by atoms with Crippen LogP contribution in [0.4, 0.5) is 18.0 Å². The molecule has 1 aromatic heterocycles. The Hall–Kier alpha value is -2.03. The predicted molar refractivity (Wildman–Crippen MR) is 79.6 cm³/mol. The number of urea groups is 1. The van der Waals surface area contributed by atoms with E-state index >= 15 is 0 Å². The molecular formula is C15H20F3N3O3. The lowest BCUT2D eigenvalue weighted by molar-refractivity contribution is -0.154. The molecule has 1 aliphatic rings. The summed E-state index contributed by atoms with van der Waals surface area (Å²) in [6, 6.07) is 2.53. The molecule has 2 rings (SSSR count). The third kappa shape index (κ3) is 5.88. The van der Waals surface area contributed by atoms with Crippen LogP contribution in [0.2, 0.25) is 0 Å². The lowest BCUT2D eigenvalue weighted by atomic mass is 10.1. The molecule has 0 aliphatic carbocycles. The first-order valence-electron chi connectivity index (χ1n) is 7.64. The minimum absolute atomic E-state index is 0.00507. The van der Waals surface area contributed by atoms with Gasteiger partial charge in [0.2, 0.25) is 5.88 Å². The predicted octanol–water partition coefficient (Wildman–Crippen LogP) is 2.39. The topological polar surface area (TPSA) is 72.5 Å². The highest BCUT2D eigenvalue weighted by molar-refractivity contribution is 5.74. The van der Waals surface area contributed by atoms with Crippen molar-refractivity contribution in [2.45, 2.75) is 44.6 Å². The first-order chi connectivity index (χ1) is 11.3. The molecule has 0 aromatic carbocycles. The molecule has 1 aromatic rings. The van der Waals surface area contributed by atoms with Crippen LogP contribution in [0.25, 0.3) is 0 Å². The minimum Gasteiger partial charge on any atom is -0.468 e. The molecule has 1 aliphatic heterocycles. The van der Waals surface area contributed by atoms with Crippen molar-refractivity contribution >= 4 is 6.03 Å². The Balaban J connectivity index is 1.83. The summed E-state index contributed by atoms with van der Waals surface area (Å²) in [5, 5.41) is 5.34. The molecule has 24 heavy (non-hydrogen) atoms. The third-order valence-electron chi connectivity index (χ3n) is 3.54. The van der Waals surface area contributed by atoms with Crippen molar-refractivity contribution in [2.75, 3.05) is 13.2 Å². The van der Waals surface area contributed by atoms with Crippen LogP contribution in [0.15, 0.2) is 18.3 Å². The second-order valence-electron chi connectivity index (χ2n) is 5.54. The molecule has 0 spiro atoms. The van der Waals surface area contributed by atoms with Crippen molar-refractivity contribution < 1.29 is 27.4 Å². The van der Waals surface area contributed by atoms with Crippen LogP contribution >= 0.6 is 0 Å². The number of amides is 2. The zero-order valence-electron chi connectivity index (χ0n) is 13.2. The Morgan fingerprint density at radius 3 is 3.00 bits per heavy atom. The van der Waals surface area contributed by atoms with Gasteiger partial charge in [0, 0.05) is 24.9 Å². The Bertz CT molecular complexity index is 548. The first kappa shape index (κ1) is 18.3. The zero-order valence-corrected chi connectivity index (χ0v) is 13.2. The molecule has 9 heteroatoms. The average molecular weight is 347 g/mol. The number of halogens is 3. The van der Waals surface area contributed by atoms with Gasteiger partial charge in [-0.15, -0.1) is 0 Å². The Morgan fingerprint density at radius 1 is 1.54 bits per heavy atom. The Labute approximate surface area is 137 Å². The average Bonchev–Trinajstić information content (AvgIpc) is 3.05. The maximum absolute atomic E-state index is 12.2. The van der Waals surface area contributed by atoms with Crippen LogP contribution in [-0.2, 0) is 11.3 Å². The fraction of sp³-hybridized carbons (Fsp3) is 0.600. The van der Waals surface area contributed by atoms with Crippen molar-refractivity contribution in [3.05, 3.63) is 23.9 Å². The van der Waals surface area contributed by atoms with Gasteiger partial charge in [0.15, 0.2) is 6.61 Å². The molecule has 1 fully saturated rings. The molecule has 2 atom stereocenters. The van der Waals surface area contributed by atoms with E-state index < -0.39 is 18.8 Å². The number of nitrogens with zero attached hydrogens (tertiary/aromatic N) is 1. The number of hydrogen-bond donors (Lipinski definition) is 2. The standard InChI is InChI=1S/C15H20F3N3O3/c1-10(12-5-3-7-23-12)21-14(22)20-8-11-4-2-6-19-13(11)24-9-15(16,17)18/h2,4,6,10,12H,3,5,7-9H2,1H3,(H2,20,21,22). The van der Waals surface area contributed by atoms with Crippen molar-refractivity contribution in [1.29, 1.82) is 0 Å². The van der Waals surface area contributed by atoms with Crippen LogP contribution in [0.5, 0.6) is 5.88 Å². The van der Waals surface area contributed by atoms with Crippen LogP contribution in [-0.4, -0.2) is 42.6 Å². The van der Waals surface area contributed by atoms with Crippen molar-refractivity contribution in [3.8, 4) is 5.88 Å². The van der Waals surface area contributed by atoms with Gasteiger partial charge >= 0.3 is 12.2 Å². The number of ether oxygens (including phenoxy) is 2. The summed E-state index contributed by atoms with van der Waals surface area (Å²) in [6.45, 7) is 1.11. The zero-order chi connectivity index (χ0) is 17.6. The van der Waals surface area contributed by atoms with E-state index in [4.69, 9.17) is 4.74 Å². The highest BCUT2D eigenvalue weighted by Gasteiger charge is 2.29. The molecule has 134 valence electrons. The van der Waals surface area contributed by atoms with Gasteiger partial charge in [-0.3, -0.25) is 0 Å². The summed E-state index contributed by atoms with van der Waals surface area (Å²) in [5.41, 5.74) is 0.363. The maximum atomic E-state index is 12.2. The fourth-order valence-electron chi connectivity index (χ4n) is 2.36. The normalized spacial score (nSPS) is 18.9. The SMILES string of the molecule is CC(NC(=O)NCc1cccnc1OCC(F)(F)F)C1CCCO1. The van der Waals surface area contributed by atoms with Gasteiger partial charge in [0.25, 0.3) is 0 Å². The summed E-state index contributed by atoms with van der Waals surface area (Å²) in [6.07, 6.45) is -1.28. The van der Waals surface area contributed by atoms with Crippen molar-refractivity contribution in [3.63, 3.8) is 0 Å². The van der Waals surface area contributed by atoms with E-state index in [9.17, 15) is 18.0 Å². The summed E-state index contributed by atoms with van der Waals surface area (Å²) in [5.74, 6) is -0.151. The number of aromatic nitrogens is 1. The van der Waals surface area contributed by atoms with Crippen LogP contribution in [0.3, 0.4) is 0 Å². The van der Waals surface area contributed by atoms with Gasteiger partial charge in [0.1, 0.15) is 0 Å². The smallest absolute Gasteiger partial charge is 0.422 e. The second kappa shape index (κ2) is 8.18. The molecule has 0 bridgehead atoms. The van der Waals surface area contributed by atoms with E-state index in [0.717, 1.165) is 12.8 Å². The van der Waals surface area contributed by atoms with E-state index in [-0.39, 0.29) is 24.6 Å². The van der Waals surface area contributed by atoms with E-state index in [0.29, 0.717) is 12.2 Å². The van der Waals surface area contributed by atoms with Gasteiger partial charge in [-0.2, -0.15) is 13.2 Å². The van der Waals surface area contributed by atoms with Gasteiger partial charge in [-0.1, -0.05) is 6.07 Å². The fourth-order valence-corrected chi connectivity index (χ4v) is 2.36. The second-order valence-corrected chi connectivity index (χ2v) is 5.54. The van der Waals surface area contributed by atoms with Crippen LogP contribution in [0, 0.1) is 0 Å². The molecule has 6 nitrogen and oxygen atoms in total. The Morgan fingerprint density at radius 2 is 2.33 bits per heavy atom. The quantitative estimate of drug-likeness (QED) is 0.829. The molecule has 1 saturated heterocycles. The number of alkyl halides is 3. The molecule has 0 radical (unpaired) electrons. The van der Waals surface area contributed by atoms with Gasteiger partial charge in [-0.25, -0.2) is 9.78 Å². The number of rotatable bonds is 6. The largest absolute Gasteiger partial charge is 0.468 e. The van der Waals surface area contributed by atoms with Gasteiger partial charge < -0.3 is 20.1 Å². The van der Waals surface area contributed by atoms with Crippen molar-refractivity contribution in [2.24, 2.45) is 0 Å². The number of carbonyl (C=O) groups is 1. The summed E-state index contributed by atoms with van der Waals surface area (Å²) >= 11 is 0. The molecule has 2 unspecified atom stereocenters. The Kier molecular flexibility index (Phi) is 6.24. The third-order valence-corrected chi connectivity index (χ3v) is 3.54. The minimum atomic E-state index is -4.45. The number of hydrogen-bond acceptors (Lipinski definition) is 4. The summed E-state index contributed by atoms with van der Waals surface area (Å²) in [4.78, 5) is 15.7. The lowest BCUT2D eigenvalue weighted by Gasteiger charge is -2.20. The summed E-state index contributed by atoms with van der Waals surface area (Å²) in [7, 11) is 0. The molecule has 2 heterocycles. The molecule has 2 N–H and O–H groups in total. The maximum Gasteiger partial charge on any atom is 0.422 e. The highest BCUT2D eigenvalue weighted by atomic mass is 19.4. The van der Waals surface area contributed by atoms with E-state index in [1.165, 1.54) is 6.20 Å². The number of pyridine rings is 1. The lowest BCUT2D eigenvalue weighted by Crippen LogP contribution is -2.45. The monoisotopic (exact) mass is 347 g/mol. The van der Waals surface area contributed by atoms with Crippen LogP contribution in [0.1, 0.15) is 25.3 Å². The van der Waals surface area contributed by atoms with Gasteiger partial charge in [0.05, 0.1) is 12.1 Å². The molecule has 0 saturated carbocycles. The van der Waals surface area contributed by atoms with Crippen molar-refractivity contribution in [1.82, 2.24) is 15.6 Å². The molecular weight excluding hydrogens is 327 g/mol. The first-order valence-corrected chi connectivity index (χ1v) is 7.64. The van der Waals surface area contributed by atoms with Crippen LogP contribution < -0.4 is 15.4 Å².